The Morgan fingerprint density at radius 2 is 2.40 bits per heavy atom. The zero-order chi connectivity index (χ0) is 13.9. The molecule has 20 heavy (non-hydrogen) atoms. The maximum atomic E-state index is 12.0. The summed E-state index contributed by atoms with van der Waals surface area (Å²) in [6.07, 6.45) is 4.33. The van der Waals surface area contributed by atoms with E-state index in [0.29, 0.717) is 17.9 Å². The number of nitrogens with one attached hydrogen (secondary N) is 1. The first-order chi connectivity index (χ1) is 9.76. The molecule has 0 saturated carbocycles. The number of aromatic nitrogens is 4. The predicted molar refractivity (Wildman–Crippen MR) is 75.6 cm³/mol. The van der Waals surface area contributed by atoms with Crippen LogP contribution in [0.25, 0.3) is 5.65 Å². The van der Waals surface area contributed by atoms with Crippen molar-refractivity contribution >= 4 is 22.9 Å². The topological polar surface area (TPSA) is 72.2 Å². The van der Waals surface area contributed by atoms with E-state index >= 15 is 0 Å². The van der Waals surface area contributed by atoms with Gasteiger partial charge in [0.25, 0.3) is 5.91 Å². The van der Waals surface area contributed by atoms with E-state index in [1.807, 2.05) is 5.38 Å². The van der Waals surface area contributed by atoms with Crippen molar-refractivity contribution in [2.45, 2.75) is 19.9 Å². The van der Waals surface area contributed by atoms with Crippen LogP contribution in [0.2, 0.25) is 0 Å². The smallest absolute Gasteiger partial charge is 0.272 e. The van der Waals surface area contributed by atoms with E-state index in [4.69, 9.17) is 0 Å². The van der Waals surface area contributed by atoms with Crippen LogP contribution in [-0.4, -0.2) is 25.5 Å². The van der Waals surface area contributed by atoms with Gasteiger partial charge in [-0.2, -0.15) is 5.10 Å². The number of thiazole rings is 1. The fraction of sp³-hybridized carbons (Fsp3) is 0.231. The molecule has 1 amide bonds. The number of aryl methyl sites for hydroxylation is 1. The molecule has 3 aromatic heterocycles. The minimum absolute atomic E-state index is 0.219. The van der Waals surface area contributed by atoms with Gasteiger partial charge in [0.05, 0.1) is 12.2 Å². The molecule has 0 fully saturated rings. The molecule has 102 valence electrons. The van der Waals surface area contributed by atoms with E-state index in [1.54, 1.807) is 40.4 Å². The number of nitrogens with zero attached hydrogens (tertiary/aromatic N) is 4. The van der Waals surface area contributed by atoms with Gasteiger partial charge in [0.2, 0.25) is 0 Å². The van der Waals surface area contributed by atoms with Gasteiger partial charge in [-0.05, 0) is 12.5 Å². The molecule has 3 rings (SSSR count). The first kappa shape index (κ1) is 12.7. The normalized spacial score (nSPS) is 10.8. The molecule has 1 N–H and O–H groups in total. The van der Waals surface area contributed by atoms with Gasteiger partial charge in [-0.3, -0.25) is 4.79 Å². The van der Waals surface area contributed by atoms with Crippen LogP contribution >= 0.6 is 11.3 Å². The second-order valence-corrected chi connectivity index (χ2v) is 5.16. The quantitative estimate of drug-likeness (QED) is 0.792. The summed E-state index contributed by atoms with van der Waals surface area (Å²) in [6.45, 7) is 2.48. The fourth-order valence-corrected chi connectivity index (χ4v) is 2.60. The molecule has 0 spiro atoms. The molecule has 0 radical (unpaired) electrons. The van der Waals surface area contributed by atoms with Crippen molar-refractivity contribution in [2.75, 3.05) is 0 Å². The molecule has 3 heterocycles. The van der Waals surface area contributed by atoms with Gasteiger partial charge >= 0.3 is 0 Å². The molecule has 0 aromatic carbocycles. The molecule has 6 nitrogen and oxygen atoms in total. The minimum atomic E-state index is -0.219. The van der Waals surface area contributed by atoms with Gasteiger partial charge in [0.15, 0.2) is 11.3 Å². The lowest BCUT2D eigenvalue weighted by Crippen LogP contribution is -2.23. The highest BCUT2D eigenvalue weighted by Crippen LogP contribution is 2.10. The molecule has 0 aliphatic rings. The highest BCUT2D eigenvalue weighted by molar-refractivity contribution is 7.09. The lowest BCUT2D eigenvalue weighted by atomic mass is 10.4. The Balaban J connectivity index is 1.69. The highest BCUT2D eigenvalue weighted by Gasteiger charge is 2.11. The zero-order valence-electron chi connectivity index (χ0n) is 10.9. The molecule has 0 bridgehead atoms. The Labute approximate surface area is 119 Å². The SMILES string of the molecule is CCc1csc(CNC(=O)c2cc3ncccn3n2)n1. The Hall–Kier alpha value is -2.28. The van der Waals surface area contributed by atoms with Crippen LogP contribution < -0.4 is 5.32 Å². The fourth-order valence-electron chi connectivity index (χ4n) is 1.78. The van der Waals surface area contributed by atoms with Crippen molar-refractivity contribution in [3.05, 3.63) is 46.3 Å². The van der Waals surface area contributed by atoms with Crippen LogP contribution in [0.15, 0.2) is 29.9 Å². The van der Waals surface area contributed by atoms with Crippen molar-refractivity contribution in [1.82, 2.24) is 24.9 Å². The second kappa shape index (κ2) is 5.38. The standard InChI is InChI=1S/C13H13N5OS/c1-2-9-8-20-12(16-9)7-15-13(19)10-6-11-14-4-3-5-18(11)17-10/h3-6,8H,2,7H2,1H3,(H,15,19). The average Bonchev–Trinajstić information content (AvgIpc) is 3.10. The van der Waals surface area contributed by atoms with E-state index in [-0.39, 0.29) is 5.91 Å². The molecule has 0 saturated heterocycles. The van der Waals surface area contributed by atoms with E-state index in [1.165, 1.54) is 0 Å². The Morgan fingerprint density at radius 3 is 3.15 bits per heavy atom. The van der Waals surface area contributed by atoms with Crippen molar-refractivity contribution in [2.24, 2.45) is 0 Å². The number of fused-ring (bicyclic) bond motifs is 1. The van der Waals surface area contributed by atoms with Crippen LogP contribution in [0.3, 0.4) is 0 Å². The largest absolute Gasteiger partial charge is 0.344 e. The Morgan fingerprint density at radius 1 is 1.50 bits per heavy atom. The first-order valence-electron chi connectivity index (χ1n) is 6.28. The molecule has 0 atom stereocenters. The van der Waals surface area contributed by atoms with Gasteiger partial charge in [-0.15, -0.1) is 11.3 Å². The third kappa shape index (κ3) is 2.53. The van der Waals surface area contributed by atoms with Gasteiger partial charge < -0.3 is 5.32 Å². The maximum absolute atomic E-state index is 12.0. The molecular weight excluding hydrogens is 274 g/mol. The number of rotatable bonds is 4. The number of amides is 1. The number of hydrogen-bond donors (Lipinski definition) is 1. The van der Waals surface area contributed by atoms with Crippen LogP contribution in [0.5, 0.6) is 0 Å². The van der Waals surface area contributed by atoms with Crippen LogP contribution in [0.1, 0.15) is 28.1 Å². The van der Waals surface area contributed by atoms with E-state index in [9.17, 15) is 4.79 Å². The third-order valence-electron chi connectivity index (χ3n) is 2.83. The third-order valence-corrected chi connectivity index (χ3v) is 3.73. The average molecular weight is 287 g/mol. The maximum Gasteiger partial charge on any atom is 0.272 e. The molecule has 0 aliphatic heterocycles. The minimum Gasteiger partial charge on any atom is -0.344 e. The molecule has 3 aromatic rings. The van der Waals surface area contributed by atoms with Gasteiger partial charge in [0, 0.05) is 23.8 Å². The Kier molecular flexibility index (Phi) is 3.42. The van der Waals surface area contributed by atoms with Crippen molar-refractivity contribution in [3.63, 3.8) is 0 Å². The summed E-state index contributed by atoms with van der Waals surface area (Å²) in [5.41, 5.74) is 2.06. The summed E-state index contributed by atoms with van der Waals surface area (Å²) in [5, 5.41) is 9.90. The van der Waals surface area contributed by atoms with Gasteiger partial charge in [-0.1, -0.05) is 6.92 Å². The lowest BCUT2D eigenvalue weighted by Gasteiger charge is -1.99. The second-order valence-electron chi connectivity index (χ2n) is 4.22. The lowest BCUT2D eigenvalue weighted by molar-refractivity contribution is 0.0945. The van der Waals surface area contributed by atoms with E-state index in [2.05, 4.69) is 27.3 Å². The first-order valence-corrected chi connectivity index (χ1v) is 7.16. The van der Waals surface area contributed by atoms with Crippen LogP contribution in [0.4, 0.5) is 0 Å². The molecular formula is C13H13N5OS. The predicted octanol–water partition coefficient (Wildman–Crippen LogP) is 1.68. The van der Waals surface area contributed by atoms with Crippen molar-refractivity contribution in [1.29, 1.82) is 0 Å². The van der Waals surface area contributed by atoms with E-state index < -0.39 is 0 Å². The molecule has 0 unspecified atom stereocenters. The summed E-state index contributed by atoms with van der Waals surface area (Å²) in [7, 11) is 0. The van der Waals surface area contributed by atoms with E-state index in [0.717, 1.165) is 17.1 Å². The highest BCUT2D eigenvalue weighted by atomic mass is 32.1. The van der Waals surface area contributed by atoms with Crippen molar-refractivity contribution < 1.29 is 4.79 Å². The van der Waals surface area contributed by atoms with Gasteiger partial charge in [-0.25, -0.2) is 14.5 Å². The molecule has 0 aliphatic carbocycles. The monoisotopic (exact) mass is 287 g/mol. The number of hydrogen-bond acceptors (Lipinski definition) is 5. The number of carbonyl (C=O) groups excluding carboxylic acids is 1. The summed E-state index contributed by atoms with van der Waals surface area (Å²) >= 11 is 1.55. The summed E-state index contributed by atoms with van der Waals surface area (Å²) in [6, 6.07) is 3.43. The summed E-state index contributed by atoms with van der Waals surface area (Å²) in [5.74, 6) is -0.219. The summed E-state index contributed by atoms with van der Waals surface area (Å²) in [4.78, 5) is 20.6. The molecule has 7 heteroatoms. The van der Waals surface area contributed by atoms with Crippen molar-refractivity contribution in [3.8, 4) is 0 Å². The Bertz CT molecular complexity index is 715. The summed E-state index contributed by atoms with van der Waals surface area (Å²) < 4.78 is 1.58. The zero-order valence-corrected chi connectivity index (χ0v) is 11.7. The number of carbonyl (C=O) groups is 1. The van der Waals surface area contributed by atoms with Crippen LogP contribution in [0, 0.1) is 0 Å². The van der Waals surface area contributed by atoms with Crippen LogP contribution in [-0.2, 0) is 13.0 Å². The van der Waals surface area contributed by atoms with Gasteiger partial charge in [0.1, 0.15) is 5.01 Å².